The van der Waals surface area contributed by atoms with Crippen LogP contribution in [-0.4, -0.2) is 37.6 Å². The minimum Gasteiger partial charge on any atom is -0.497 e. The molecule has 1 aromatic rings. The van der Waals surface area contributed by atoms with Crippen LogP contribution in [-0.2, 0) is 4.79 Å². The summed E-state index contributed by atoms with van der Waals surface area (Å²) >= 11 is 0. The summed E-state index contributed by atoms with van der Waals surface area (Å²) in [5.41, 5.74) is 1.19. The number of ether oxygens (including phenoxy) is 1. The van der Waals surface area contributed by atoms with Crippen molar-refractivity contribution in [1.82, 2.24) is 10.2 Å². The summed E-state index contributed by atoms with van der Waals surface area (Å²) < 4.78 is 5.17. The molecule has 1 N–H and O–H groups in total. The summed E-state index contributed by atoms with van der Waals surface area (Å²) in [7, 11) is 3.48. The van der Waals surface area contributed by atoms with Gasteiger partial charge in [0.1, 0.15) is 5.75 Å². The normalized spacial score (nSPS) is 20.4. The number of nitrogens with one attached hydrogen (secondary N) is 1. The van der Waals surface area contributed by atoms with Gasteiger partial charge in [0.25, 0.3) is 0 Å². The summed E-state index contributed by atoms with van der Waals surface area (Å²) in [6, 6.07) is 8.10. The number of nitrogens with zero attached hydrogens (tertiary/aromatic N) is 1. The average Bonchev–Trinajstić information content (AvgIpc) is 2.95. The molecule has 0 aliphatic carbocycles. The fraction of sp³-hybridized carbons (Fsp3) is 0.533. The second-order valence-electron chi connectivity index (χ2n) is 4.97. The summed E-state index contributed by atoms with van der Waals surface area (Å²) in [4.78, 5) is 14.3. The number of likely N-dealkylation sites (N-methyl/N-ethyl adjacent to an activating group) is 1. The van der Waals surface area contributed by atoms with Gasteiger partial charge < -0.3 is 15.0 Å². The van der Waals surface area contributed by atoms with Crippen LogP contribution < -0.4 is 10.1 Å². The zero-order chi connectivity index (χ0) is 13.8. The van der Waals surface area contributed by atoms with Crippen molar-refractivity contribution < 1.29 is 9.53 Å². The Morgan fingerprint density at radius 3 is 2.68 bits per heavy atom. The highest BCUT2D eigenvalue weighted by Crippen LogP contribution is 2.33. The van der Waals surface area contributed by atoms with E-state index in [0.717, 1.165) is 25.1 Å². The lowest BCUT2D eigenvalue weighted by atomic mass is 10.0. The van der Waals surface area contributed by atoms with Gasteiger partial charge in [0, 0.05) is 6.54 Å². The summed E-state index contributed by atoms with van der Waals surface area (Å²) in [5, 5.41) is 3.02. The highest BCUT2D eigenvalue weighted by atomic mass is 16.5. The maximum absolute atomic E-state index is 12.3. The molecule has 1 aliphatic heterocycles. The van der Waals surface area contributed by atoms with E-state index in [1.165, 1.54) is 5.56 Å². The molecule has 0 saturated carbocycles. The van der Waals surface area contributed by atoms with Crippen molar-refractivity contribution in [2.24, 2.45) is 0 Å². The highest BCUT2D eigenvalue weighted by molar-refractivity contribution is 5.82. The van der Waals surface area contributed by atoms with Gasteiger partial charge in [-0.1, -0.05) is 12.1 Å². The zero-order valence-electron chi connectivity index (χ0n) is 11.8. The van der Waals surface area contributed by atoms with Gasteiger partial charge in [-0.2, -0.15) is 0 Å². The molecular formula is C15H22N2O2. The van der Waals surface area contributed by atoms with Crippen LogP contribution in [0.3, 0.4) is 0 Å². The maximum atomic E-state index is 12.3. The minimum atomic E-state index is -0.126. The van der Waals surface area contributed by atoms with Crippen molar-refractivity contribution in [1.29, 1.82) is 0 Å². The van der Waals surface area contributed by atoms with Gasteiger partial charge in [0.05, 0.1) is 19.2 Å². The Balaban J connectivity index is 2.15. The van der Waals surface area contributed by atoms with Crippen molar-refractivity contribution in [2.45, 2.75) is 31.8 Å². The Bertz CT molecular complexity index is 430. The van der Waals surface area contributed by atoms with Crippen LogP contribution in [0.15, 0.2) is 24.3 Å². The lowest BCUT2D eigenvalue weighted by Gasteiger charge is -2.27. The molecule has 2 atom stereocenters. The Morgan fingerprint density at radius 1 is 1.42 bits per heavy atom. The molecule has 104 valence electrons. The number of benzene rings is 1. The molecule has 1 aliphatic rings. The predicted molar refractivity (Wildman–Crippen MR) is 75.2 cm³/mol. The molecule has 1 aromatic carbocycles. The van der Waals surface area contributed by atoms with Gasteiger partial charge in [-0.25, -0.2) is 0 Å². The van der Waals surface area contributed by atoms with Gasteiger partial charge in [-0.05, 0) is 44.5 Å². The molecule has 1 heterocycles. The van der Waals surface area contributed by atoms with Gasteiger partial charge >= 0.3 is 0 Å². The molecule has 0 bridgehead atoms. The molecule has 1 saturated heterocycles. The molecule has 4 nitrogen and oxygen atoms in total. The van der Waals surface area contributed by atoms with Gasteiger partial charge in [0.15, 0.2) is 0 Å². The van der Waals surface area contributed by atoms with E-state index < -0.39 is 0 Å². The largest absolute Gasteiger partial charge is 0.497 e. The van der Waals surface area contributed by atoms with Gasteiger partial charge in [0.2, 0.25) is 5.91 Å². The van der Waals surface area contributed by atoms with E-state index in [9.17, 15) is 4.79 Å². The van der Waals surface area contributed by atoms with Crippen LogP contribution in [0.5, 0.6) is 5.75 Å². The quantitative estimate of drug-likeness (QED) is 0.902. The topological polar surface area (TPSA) is 41.6 Å². The molecule has 4 heteroatoms. The van der Waals surface area contributed by atoms with Crippen LogP contribution in [0.25, 0.3) is 0 Å². The van der Waals surface area contributed by atoms with Gasteiger partial charge in [-0.15, -0.1) is 0 Å². The van der Waals surface area contributed by atoms with Crippen molar-refractivity contribution in [3.8, 4) is 5.75 Å². The molecular weight excluding hydrogens is 240 g/mol. The molecule has 1 amide bonds. The van der Waals surface area contributed by atoms with Crippen LogP contribution in [0, 0.1) is 0 Å². The number of hydrogen-bond acceptors (Lipinski definition) is 3. The Kier molecular flexibility index (Phi) is 4.43. The van der Waals surface area contributed by atoms with Crippen LogP contribution in [0.4, 0.5) is 0 Å². The second-order valence-corrected chi connectivity index (χ2v) is 4.97. The first-order valence-corrected chi connectivity index (χ1v) is 6.79. The number of likely N-dealkylation sites (tertiary alicyclic amines) is 1. The third kappa shape index (κ3) is 2.89. The average molecular weight is 262 g/mol. The predicted octanol–water partition coefficient (Wildman–Crippen LogP) is 1.97. The van der Waals surface area contributed by atoms with E-state index in [4.69, 9.17) is 4.74 Å². The standard InChI is InChI=1S/C15H22N2O2/c1-11(16-2)15(18)17-10-4-5-14(17)12-6-8-13(19-3)9-7-12/h6-9,11,14,16H,4-5,10H2,1-3H3. The lowest BCUT2D eigenvalue weighted by molar-refractivity contribution is -0.133. The Hall–Kier alpha value is -1.55. The van der Waals surface area contributed by atoms with E-state index in [2.05, 4.69) is 17.4 Å². The van der Waals surface area contributed by atoms with Crippen molar-refractivity contribution in [3.05, 3.63) is 29.8 Å². The maximum Gasteiger partial charge on any atom is 0.239 e. The molecule has 0 aromatic heterocycles. The SMILES string of the molecule is CNC(C)C(=O)N1CCCC1c1ccc(OC)cc1. The molecule has 19 heavy (non-hydrogen) atoms. The first kappa shape index (κ1) is 13.9. The van der Waals surface area contributed by atoms with E-state index in [-0.39, 0.29) is 18.0 Å². The first-order valence-electron chi connectivity index (χ1n) is 6.79. The third-order valence-corrected chi connectivity index (χ3v) is 3.84. The number of carbonyl (C=O) groups is 1. The smallest absolute Gasteiger partial charge is 0.239 e. The second kappa shape index (κ2) is 6.06. The van der Waals surface area contributed by atoms with Crippen molar-refractivity contribution in [3.63, 3.8) is 0 Å². The van der Waals surface area contributed by atoms with Crippen molar-refractivity contribution >= 4 is 5.91 Å². The lowest BCUT2D eigenvalue weighted by Crippen LogP contribution is -2.43. The Labute approximate surface area is 114 Å². The summed E-state index contributed by atoms with van der Waals surface area (Å²) in [6.07, 6.45) is 2.10. The number of rotatable bonds is 4. The summed E-state index contributed by atoms with van der Waals surface area (Å²) in [5.74, 6) is 1.03. The van der Waals surface area contributed by atoms with E-state index in [1.807, 2.05) is 31.0 Å². The van der Waals surface area contributed by atoms with Crippen LogP contribution in [0.1, 0.15) is 31.4 Å². The van der Waals surface area contributed by atoms with Crippen LogP contribution >= 0.6 is 0 Å². The third-order valence-electron chi connectivity index (χ3n) is 3.84. The molecule has 0 radical (unpaired) electrons. The Morgan fingerprint density at radius 2 is 2.11 bits per heavy atom. The first-order chi connectivity index (χ1) is 9.17. The minimum absolute atomic E-state index is 0.126. The van der Waals surface area contributed by atoms with Crippen LogP contribution in [0.2, 0.25) is 0 Å². The molecule has 2 unspecified atom stereocenters. The molecule has 2 rings (SSSR count). The van der Waals surface area contributed by atoms with Crippen molar-refractivity contribution in [2.75, 3.05) is 20.7 Å². The highest BCUT2D eigenvalue weighted by Gasteiger charge is 2.31. The molecule has 1 fully saturated rings. The number of amides is 1. The number of carbonyl (C=O) groups excluding carboxylic acids is 1. The molecule has 0 spiro atoms. The summed E-state index contributed by atoms with van der Waals surface area (Å²) in [6.45, 7) is 2.76. The number of methoxy groups -OCH3 is 1. The monoisotopic (exact) mass is 262 g/mol. The van der Waals surface area contributed by atoms with Gasteiger partial charge in [-0.3, -0.25) is 4.79 Å². The fourth-order valence-corrected chi connectivity index (χ4v) is 2.58. The van der Waals surface area contributed by atoms with E-state index >= 15 is 0 Å². The fourth-order valence-electron chi connectivity index (χ4n) is 2.58. The zero-order valence-corrected chi connectivity index (χ0v) is 11.8. The number of hydrogen-bond donors (Lipinski definition) is 1. The van der Waals surface area contributed by atoms with E-state index in [1.54, 1.807) is 7.11 Å². The van der Waals surface area contributed by atoms with E-state index in [0.29, 0.717) is 0 Å².